The van der Waals surface area contributed by atoms with Crippen LogP contribution in [0.3, 0.4) is 0 Å². The highest BCUT2D eigenvalue weighted by Crippen LogP contribution is 2.38. The normalized spacial score (nSPS) is 21.4. The van der Waals surface area contributed by atoms with Crippen LogP contribution in [-0.4, -0.2) is 23.0 Å². The van der Waals surface area contributed by atoms with Crippen LogP contribution in [0.25, 0.3) is 0 Å². The lowest BCUT2D eigenvalue weighted by atomic mass is 9.71. The van der Waals surface area contributed by atoms with E-state index in [9.17, 15) is 14.7 Å². The molecule has 2 atom stereocenters. The van der Waals surface area contributed by atoms with Gasteiger partial charge in [0.2, 0.25) is 0 Å². The van der Waals surface area contributed by atoms with Gasteiger partial charge in [-0.2, -0.15) is 0 Å². The highest BCUT2D eigenvalue weighted by molar-refractivity contribution is 6.35. The summed E-state index contributed by atoms with van der Waals surface area (Å²) in [5.41, 5.74) is -0.743. The van der Waals surface area contributed by atoms with Crippen molar-refractivity contribution in [3.05, 3.63) is 94.0 Å². The van der Waals surface area contributed by atoms with Gasteiger partial charge in [-0.15, -0.1) is 0 Å². The Kier molecular flexibility index (Phi) is 5.16. The summed E-state index contributed by atoms with van der Waals surface area (Å²) in [4.78, 5) is 24.9. The Morgan fingerprint density at radius 2 is 1.77 bits per heavy atom. The molecular formula is C20H15Cl2NO3. The number of carboxylic acids is 1. The number of aliphatic carboxylic acids is 1. The van der Waals surface area contributed by atoms with Gasteiger partial charge in [-0.25, -0.2) is 0 Å². The lowest BCUT2D eigenvalue weighted by molar-refractivity contribution is -0.142. The number of nitrogens with one attached hydrogen (secondary N) is 1. The number of amides is 1. The second-order valence-corrected chi connectivity index (χ2v) is 6.70. The zero-order valence-electron chi connectivity index (χ0n) is 13.5. The first kappa shape index (κ1) is 18.2. The van der Waals surface area contributed by atoms with Crippen LogP contribution in [0.15, 0.2) is 72.8 Å². The van der Waals surface area contributed by atoms with Gasteiger partial charge in [0.25, 0.3) is 5.91 Å². The number of carboxylic acid groups (broad SMARTS) is 1. The molecule has 1 aliphatic carbocycles. The fourth-order valence-electron chi connectivity index (χ4n) is 3.02. The largest absolute Gasteiger partial charge is 0.480 e. The predicted octanol–water partition coefficient (Wildman–Crippen LogP) is 4.24. The highest BCUT2D eigenvalue weighted by Gasteiger charge is 2.47. The maximum atomic E-state index is 12.6. The molecule has 0 fully saturated rings. The monoisotopic (exact) mass is 387 g/mol. The van der Waals surface area contributed by atoms with Gasteiger partial charge < -0.3 is 10.4 Å². The fourth-order valence-corrected chi connectivity index (χ4v) is 3.58. The lowest BCUT2D eigenvalue weighted by Gasteiger charge is -2.36. The van der Waals surface area contributed by atoms with E-state index in [0.29, 0.717) is 16.1 Å². The minimum absolute atomic E-state index is 0.221. The third-order valence-electron chi connectivity index (χ3n) is 4.32. The van der Waals surface area contributed by atoms with E-state index in [2.05, 4.69) is 5.32 Å². The molecule has 1 aliphatic rings. The van der Waals surface area contributed by atoms with Gasteiger partial charge in [-0.1, -0.05) is 71.8 Å². The van der Waals surface area contributed by atoms with Crippen LogP contribution in [-0.2, 0) is 10.2 Å². The first-order valence-electron chi connectivity index (χ1n) is 7.86. The average molecular weight is 388 g/mol. The summed E-state index contributed by atoms with van der Waals surface area (Å²) >= 11 is 12.2. The van der Waals surface area contributed by atoms with Gasteiger partial charge in [0.1, 0.15) is 5.41 Å². The van der Waals surface area contributed by atoms with E-state index in [4.69, 9.17) is 23.2 Å². The number of rotatable bonds is 4. The first-order chi connectivity index (χ1) is 12.4. The molecule has 2 N–H and O–H groups in total. The standard InChI is InChI=1S/C20H15Cl2NO3/c21-14-9-10-15(16(22)12-14)20(19(25)26)11-5-4-8-17(20)23-18(24)13-6-2-1-3-7-13/h1-12,17H,(H,23,24)(H,25,26). The van der Waals surface area contributed by atoms with Gasteiger partial charge in [0.15, 0.2) is 0 Å². The van der Waals surface area contributed by atoms with Gasteiger partial charge in [-0.3, -0.25) is 9.59 Å². The van der Waals surface area contributed by atoms with Crippen molar-refractivity contribution in [1.82, 2.24) is 5.32 Å². The number of hydrogen-bond donors (Lipinski definition) is 2. The quantitative estimate of drug-likeness (QED) is 0.824. The topological polar surface area (TPSA) is 66.4 Å². The fraction of sp³-hybridized carbons (Fsp3) is 0.100. The summed E-state index contributed by atoms with van der Waals surface area (Å²) in [5.74, 6) is -1.49. The summed E-state index contributed by atoms with van der Waals surface area (Å²) in [6, 6.07) is 12.4. The van der Waals surface area contributed by atoms with E-state index in [0.717, 1.165) is 0 Å². The summed E-state index contributed by atoms with van der Waals surface area (Å²) in [6.07, 6.45) is 6.49. The molecule has 0 aromatic heterocycles. The van der Waals surface area contributed by atoms with E-state index >= 15 is 0 Å². The lowest BCUT2D eigenvalue weighted by Crippen LogP contribution is -2.54. The average Bonchev–Trinajstić information content (AvgIpc) is 2.63. The maximum absolute atomic E-state index is 12.6. The molecule has 1 amide bonds. The van der Waals surface area contributed by atoms with Crippen LogP contribution in [0, 0.1) is 0 Å². The van der Waals surface area contributed by atoms with Crippen LogP contribution in [0.2, 0.25) is 10.0 Å². The molecule has 0 spiro atoms. The number of hydrogen-bond acceptors (Lipinski definition) is 2. The van der Waals surface area contributed by atoms with Crippen molar-refractivity contribution in [1.29, 1.82) is 0 Å². The molecule has 2 aromatic carbocycles. The highest BCUT2D eigenvalue weighted by atomic mass is 35.5. The molecule has 26 heavy (non-hydrogen) atoms. The van der Waals surface area contributed by atoms with Crippen LogP contribution in [0.4, 0.5) is 0 Å². The molecule has 2 aromatic rings. The number of benzene rings is 2. The number of carbonyl (C=O) groups excluding carboxylic acids is 1. The van der Waals surface area contributed by atoms with Crippen molar-refractivity contribution >= 4 is 35.1 Å². The van der Waals surface area contributed by atoms with Crippen LogP contribution < -0.4 is 5.32 Å². The van der Waals surface area contributed by atoms with E-state index < -0.39 is 17.4 Å². The second-order valence-electron chi connectivity index (χ2n) is 5.86. The van der Waals surface area contributed by atoms with Gasteiger partial charge in [0, 0.05) is 15.6 Å². The minimum Gasteiger partial charge on any atom is -0.480 e. The van der Waals surface area contributed by atoms with Crippen molar-refractivity contribution < 1.29 is 14.7 Å². The molecule has 0 radical (unpaired) electrons. The molecule has 0 aliphatic heterocycles. The molecule has 0 bridgehead atoms. The Bertz CT molecular complexity index is 909. The van der Waals surface area contributed by atoms with Gasteiger partial charge in [0.05, 0.1) is 6.04 Å². The molecule has 0 saturated carbocycles. The Hall–Kier alpha value is -2.56. The molecule has 0 saturated heterocycles. The second kappa shape index (κ2) is 7.36. The molecule has 0 heterocycles. The summed E-state index contributed by atoms with van der Waals surface area (Å²) in [7, 11) is 0. The zero-order chi connectivity index (χ0) is 18.7. The van der Waals surface area contributed by atoms with Gasteiger partial charge >= 0.3 is 5.97 Å². The van der Waals surface area contributed by atoms with Crippen LogP contribution in [0.5, 0.6) is 0 Å². The Balaban J connectivity index is 2.05. The Morgan fingerprint density at radius 1 is 1.04 bits per heavy atom. The third-order valence-corrected chi connectivity index (χ3v) is 4.87. The smallest absolute Gasteiger partial charge is 0.320 e. The molecule has 3 rings (SSSR count). The summed E-state index contributed by atoms with van der Waals surface area (Å²) in [5, 5.41) is 13.5. The predicted molar refractivity (Wildman–Crippen MR) is 102 cm³/mol. The zero-order valence-corrected chi connectivity index (χ0v) is 15.0. The third kappa shape index (κ3) is 3.26. The summed E-state index contributed by atoms with van der Waals surface area (Å²) < 4.78 is 0. The maximum Gasteiger partial charge on any atom is 0.320 e. The number of halogens is 2. The van der Waals surface area contributed by atoms with Crippen LogP contribution >= 0.6 is 23.2 Å². The van der Waals surface area contributed by atoms with Crippen molar-refractivity contribution in [2.45, 2.75) is 11.5 Å². The van der Waals surface area contributed by atoms with E-state index in [1.807, 2.05) is 0 Å². The minimum atomic E-state index is -1.54. The van der Waals surface area contributed by atoms with Gasteiger partial charge in [-0.05, 0) is 29.8 Å². The number of carbonyl (C=O) groups is 2. The molecule has 2 unspecified atom stereocenters. The Morgan fingerprint density at radius 3 is 2.42 bits per heavy atom. The first-order valence-corrected chi connectivity index (χ1v) is 8.61. The number of allylic oxidation sites excluding steroid dienone is 2. The van der Waals surface area contributed by atoms with Crippen molar-refractivity contribution in [2.24, 2.45) is 0 Å². The summed E-state index contributed by atoms with van der Waals surface area (Å²) in [6.45, 7) is 0. The van der Waals surface area contributed by atoms with Crippen molar-refractivity contribution in [3.8, 4) is 0 Å². The molecular weight excluding hydrogens is 373 g/mol. The van der Waals surface area contributed by atoms with Crippen LogP contribution in [0.1, 0.15) is 15.9 Å². The van der Waals surface area contributed by atoms with E-state index in [1.165, 1.54) is 12.1 Å². The Labute approximate surface area is 160 Å². The SMILES string of the molecule is O=C(NC1C=CC=CC1(C(=O)O)c1ccc(Cl)cc1Cl)c1ccccc1. The van der Waals surface area contributed by atoms with E-state index in [1.54, 1.807) is 60.7 Å². The molecule has 132 valence electrons. The van der Waals surface area contributed by atoms with Crippen molar-refractivity contribution in [3.63, 3.8) is 0 Å². The molecule has 6 heteroatoms. The van der Waals surface area contributed by atoms with Crippen molar-refractivity contribution in [2.75, 3.05) is 0 Å². The molecule has 4 nitrogen and oxygen atoms in total. The van der Waals surface area contributed by atoms with E-state index in [-0.39, 0.29) is 10.9 Å².